The van der Waals surface area contributed by atoms with Gasteiger partial charge in [-0.25, -0.2) is 0 Å². The predicted molar refractivity (Wildman–Crippen MR) is 92.3 cm³/mol. The van der Waals surface area contributed by atoms with Crippen molar-refractivity contribution < 1.29 is 4.42 Å². The molecule has 1 atom stereocenters. The average molecular weight is 364 g/mol. The van der Waals surface area contributed by atoms with Crippen LogP contribution in [0.2, 0.25) is 0 Å². The van der Waals surface area contributed by atoms with Crippen LogP contribution in [-0.4, -0.2) is 0 Å². The predicted octanol–water partition coefficient (Wildman–Crippen LogP) is 6.45. The second-order valence-electron chi connectivity index (χ2n) is 5.30. The lowest BCUT2D eigenvalue weighted by Crippen LogP contribution is -1.97. The van der Waals surface area contributed by atoms with Gasteiger partial charge in [0.15, 0.2) is 0 Å². The lowest BCUT2D eigenvalue weighted by atomic mass is 9.96. The summed E-state index contributed by atoms with van der Waals surface area (Å²) in [6.07, 6.45) is 0. The molecule has 1 nitrogen and oxygen atoms in total. The molecule has 3 aromatic rings. The van der Waals surface area contributed by atoms with E-state index in [1.54, 1.807) is 0 Å². The Labute approximate surface area is 138 Å². The van der Waals surface area contributed by atoms with Crippen molar-refractivity contribution in [2.24, 2.45) is 0 Å². The minimum atomic E-state index is -0.208. The zero-order chi connectivity index (χ0) is 15.1. The normalized spacial score (nSPS) is 12.8. The highest BCUT2D eigenvalue weighted by Crippen LogP contribution is 2.40. The van der Waals surface area contributed by atoms with E-state index in [4.69, 9.17) is 16.0 Å². The van der Waals surface area contributed by atoms with E-state index in [0.29, 0.717) is 0 Å². The van der Waals surface area contributed by atoms with Crippen molar-refractivity contribution in [2.45, 2.75) is 26.1 Å². The van der Waals surface area contributed by atoms with Crippen LogP contribution in [0.1, 0.15) is 33.6 Å². The Hall–Kier alpha value is -1.25. The van der Waals surface area contributed by atoms with E-state index in [0.717, 1.165) is 32.7 Å². The quantitative estimate of drug-likeness (QED) is 0.477. The third kappa shape index (κ3) is 2.41. The summed E-state index contributed by atoms with van der Waals surface area (Å²) in [5.74, 6) is 1.84. The van der Waals surface area contributed by atoms with Gasteiger partial charge in [-0.3, -0.25) is 0 Å². The van der Waals surface area contributed by atoms with Crippen molar-refractivity contribution in [2.75, 3.05) is 0 Å². The molecule has 3 rings (SSSR count). The third-order valence-corrected chi connectivity index (χ3v) is 5.19. The summed E-state index contributed by atoms with van der Waals surface area (Å²) in [5.41, 5.74) is 3.34. The van der Waals surface area contributed by atoms with Crippen LogP contribution in [0.5, 0.6) is 0 Å². The number of rotatable bonds is 2. The summed E-state index contributed by atoms with van der Waals surface area (Å²) < 4.78 is 6.82. The van der Waals surface area contributed by atoms with Crippen molar-refractivity contribution in [3.05, 3.63) is 69.1 Å². The Bertz CT molecular complexity index is 819. The van der Waals surface area contributed by atoms with Crippen LogP contribution in [-0.2, 0) is 0 Å². The number of benzene rings is 2. The van der Waals surface area contributed by atoms with E-state index < -0.39 is 0 Å². The highest BCUT2D eigenvalue weighted by Gasteiger charge is 2.22. The lowest BCUT2D eigenvalue weighted by Gasteiger charge is -2.14. The molecule has 0 aliphatic carbocycles. The summed E-state index contributed by atoms with van der Waals surface area (Å²) in [6.45, 7) is 6.03. The van der Waals surface area contributed by atoms with Gasteiger partial charge in [0.05, 0.1) is 5.38 Å². The minimum Gasteiger partial charge on any atom is -0.466 e. The monoisotopic (exact) mass is 362 g/mol. The standard InChI is InChI=1S/C18H16BrClO/c1-10-11(2)21-12(3)17(10)18(20)15-8-9-16(19)14-7-5-4-6-13(14)15/h4-9,18H,1-3H3. The van der Waals surface area contributed by atoms with E-state index in [1.807, 2.05) is 26.0 Å². The van der Waals surface area contributed by atoms with Gasteiger partial charge in [-0.2, -0.15) is 0 Å². The molecule has 0 aliphatic rings. The first-order valence-corrected chi connectivity index (χ1v) is 8.11. The zero-order valence-corrected chi connectivity index (χ0v) is 14.5. The molecule has 21 heavy (non-hydrogen) atoms. The number of aryl methyl sites for hydroxylation is 2. The van der Waals surface area contributed by atoms with Gasteiger partial charge in [-0.1, -0.05) is 46.3 Å². The van der Waals surface area contributed by atoms with E-state index >= 15 is 0 Å². The summed E-state index contributed by atoms with van der Waals surface area (Å²) in [4.78, 5) is 0. The number of alkyl halides is 1. The Morgan fingerprint density at radius 1 is 0.952 bits per heavy atom. The number of halogens is 2. The molecule has 0 bridgehead atoms. The maximum absolute atomic E-state index is 6.81. The van der Waals surface area contributed by atoms with Crippen LogP contribution < -0.4 is 0 Å². The summed E-state index contributed by atoms with van der Waals surface area (Å²) in [6, 6.07) is 12.5. The van der Waals surface area contributed by atoms with Crippen LogP contribution in [0, 0.1) is 20.8 Å². The first-order valence-electron chi connectivity index (χ1n) is 6.88. The molecule has 0 aliphatic heterocycles. The molecule has 1 unspecified atom stereocenters. The number of hydrogen-bond acceptors (Lipinski definition) is 1. The zero-order valence-electron chi connectivity index (χ0n) is 12.2. The fraction of sp³-hybridized carbons (Fsp3) is 0.222. The molecule has 0 radical (unpaired) electrons. The molecule has 0 saturated carbocycles. The van der Waals surface area contributed by atoms with Gasteiger partial charge >= 0.3 is 0 Å². The van der Waals surface area contributed by atoms with Crippen LogP contribution in [0.4, 0.5) is 0 Å². The van der Waals surface area contributed by atoms with Gasteiger partial charge in [-0.15, -0.1) is 11.6 Å². The average Bonchev–Trinajstić information content (AvgIpc) is 2.72. The summed E-state index contributed by atoms with van der Waals surface area (Å²) >= 11 is 10.4. The summed E-state index contributed by atoms with van der Waals surface area (Å²) in [7, 11) is 0. The molecule has 1 heterocycles. The highest BCUT2D eigenvalue weighted by molar-refractivity contribution is 9.10. The maximum atomic E-state index is 6.81. The first-order chi connectivity index (χ1) is 10.0. The molecule has 1 aromatic heterocycles. The van der Waals surface area contributed by atoms with Gasteiger partial charge in [0.25, 0.3) is 0 Å². The van der Waals surface area contributed by atoms with Gasteiger partial charge in [0, 0.05) is 10.0 Å². The molecule has 0 saturated heterocycles. The minimum absolute atomic E-state index is 0.208. The smallest absolute Gasteiger partial charge is 0.106 e. The molecule has 0 N–H and O–H groups in total. The van der Waals surface area contributed by atoms with E-state index in [-0.39, 0.29) is 5.38 Å². The van der Waals surface area contributed by atoms with Gasteiger partial charge in [0.2, 0.25) is 0 Å². The molecule has 2 aromatic carbocycles. The van der Waals surface area contributed by atoms with Crippen molar-refractivity contribution in [1.82, 2.24) is 0 Å². The molecule has 3 heteroatoms. The Morgan fingerprint density at radius 3 is 2.24 bits per heavy atom. The van der Waals surface area contributed by atoms with Crippen molar-refractivity contribution >= 4 is 38.3 Å². The SMILES string of the molecule is Cc1oc(C)c(C(Cl)c2ccc(Br)c3ccccc23)c1C. The lowest BCUT2D eigenvalue weighted by molar-refractivity contribution is 0.500. The fourth-order valence-electron chi connectivity index (χ4n) is 2.85. The van der Waals surface area contributed by atoms with Crippen molar-refractivity contribution in [3.63, 3.8) is 0 Å². The Kier molecular flexibility index (Phi) is 3.85. The van der Waals surface area contributed by atoms with Gasteiger partial charge in [-0.05, 0) is 48.7 Å². The Balaban J connectivity index is 2.23. The highest BCUT2D eigenvalue weighted by atomic mass is 79.9. The molecular formula is C18H16BrClO. The molecule has 0 fully saturated rings. The van der Waals surface area contributed by atoms with E-state index in [1.165, 1.54) is 10.8 Å². The van der Waals surface area contributed by atoms with Gasteiger partial charge in [0.1, 0.15) is 11.5 Å². The van der Waals surface area contributed by atoms with Crippen LogP contribution in [0.3, 0.4) is 0 Å². The number of fused-ring (bicyclic) bond motifs is 1. The van der Waals surface area contributed by atoms with Crippen LogP contribution >= 0.6 is 27.5 Å². The topological polar surface area (TPSA) is 13.1 Å². The third-order valence-electron chi connectivity index (χ3n) is 4.05. The van der Waals surface area contributed by atoms with Crippen LogP contribution in [0.25, 0.3) is 10.8 Å². The van der Waals surface area contributed by atoms with E-state index in [9.17, 15) is 0 Å². The summed E-state index contributed by atoms with van der Waals surface area (Å²) in [5, 5.41) is 2.14. The molecular weight excluding hydrogens is 348 g/mol. The van der Waals surface area contributed by atoms with Crippen molar-refractivity contribution in [1.29, 1.82) is 0 Å². The number of hydrogen-bond donors (Lipinski definition) is 0. The van der Waals surface area contributed by atoms with Crippen molar-refractivity contribution in [3.8, 4) is 0 Å². The number of furan rings is 1. The van der Waals surface area contributed by atoms with Crippen LogP contribution in [0.15, 0.2) is 45.3 Å². The Morgan fingerprint density at radius 2 is 1.62 bits per heavy atom. The first kappa shape index (κ1) is 14.7. The second-order valence-corrected chi connectivity index (χ2v) is 6.59. The molecule has 0 spiro atoms. The molecule has 108 valence electrons. The van der Waals surface area contributed by atoms with E-state index in [2.05, 4.69) is 47.1 Å². The largest absolute Gasteiger partial charge is 0.466 e. The maximum Gasteiger partial charge on any atom is 0.106 e. The second kappa shape index (κ2) is 5.51. The van der Waals surface area contributed by atoms with Gasteiger partial charge < -0.3 is 4.42 Å². The molecule has 0 amide bonds. The fourth-order valence-corrected chi connectivity index (χ4v) is 3.83.